The molecule has 422 valence electrons. The Hall–Kier alpha value is -5.71. The summed E-state index contributed by atoms with van der Waals surface area (Å²) in [5.74, 6) is 6.85. The topological polar surface area (TPSA) is 281 Å². The molecule has 0 radical (unpaired) electrons. The fourth-order valence-corrected chi connectivity index (χ4v) is 10.3. The SMILES string of the molecule is CC(CCC(O)CC1CCC(C)N1C=O)NC(=O)OC(C)(C)C.CN.CNC(=O)C(CCC=O)N(C)Cc1c(C#CCCC2CCN(C(=O)C(C3CCCCC3)C(CCC=O)NC=O)CC2)cccc1C=O.NC=O. The van der Waals surface area contributed by atoms with Crippen molar-refractivity contribution in [2.45, 2.75) is 199 Å². The van der Waals surface area contributed by atoms with Crippen LogP contribution < -0.4 is 27.4 Å². The minimum atomic E-state index is -0.513. The average molecular weight is 1050 g/mol. The number of hydrogen-bond acceptors (Lipinski definition) is 13. The molecule has 0 aromatic heterocycles. The second-order valence-electron chi connectivity index (χ2n) is 20.7. The molecule has 7 atom stereocenters. The van der Waals surface area contributed by atoms with Crippen LogP contribution in [0.25, 0.3) is 0 Å². The highest BCUT2D eigenvalue weighted by molar-refractivity contribution is 5.82. The molecule has 1 aliphatic carbocycles. The lowest BCUT2D eigenvalue weighted by molar-refractivity contribution is -0.141. The van der Waals surface area contributed by atoms with Gasteiger partial charge in [-0.1, -0.05) is 43.2 Å². The van der Waals surface area contributed by atoms with Crippen molar-refractivity contribution in [2.24, 2.45) is 29.2 Å². The highest BCUT2D eigenvalue weighted by Crippen LogP contribution is 2.35. The van der Waals surface area contributed by atoms with E-state index in [2.05, 4.69) is 39.3 Å². The molecule has 0 bridgehead atoms. The Kier molecular flexibility index (Phi) is 34.0. The van der Waals surface area contributed by atoms with E-state index in [4.69, 9.17) is 9.53 Å². The number of likely N-dealkylation sites (tertiary alicyclic amines) is 2. The minimum absolute atomic E-state index is 0.0656. The third kappa shape index (κ3) is 25.1. The van der Waals surface area contributed by atoms with Crippen LogP contribution in [-0.4, -0.2) is 152 Å². The lowest BCUT2D eigenvalue weighted by atomic mass is 9.74. The predicted molar refractivity (Wildman–Crippen MR) is 290 cm³/mol. The number of amides is 6. The molecule has 1 saturated carbocycles. The predicted octanol–water partition coefficient (Wildman–Crippen LogP) is 4.80. The van der Waals surface area contributed by atoms with Gasteiger partial charge in [0.15, 0.2) is 0 Å². The van der Waals surface area contributed by atoms with Crippen molar-refractivity contribution < 1.29 is 53.0 Å². The number of rotatable bonds is 25. The third-order valence-corrected chi connectivity index (χ3v) is 14.2. The summed E-state index contributed by atoms with van der Waals surface area (Å²) < 4.78 is 5.21. The van der Waals surface area contributed by atoms with Crippen LogP contribution in [0.2, 0.25) is 0 Å². The molecule has 6 amide bonds. The zero-order chi connectivity index (χ0) is 56.3. The summed E-state index contributed by atoms with van der Waals surface area (Å²) in [4.78, 5) is 109. The standard InChI is InChI=1S/C37H52N4O6.C17H32N2O4.CH3NO.CH5N/c1-38-36(46)34(18-10-24-43)40(2)25-32-29(15-8-16-31(32)26-44)12-7-6-11-28-19-21-41(22-20-28)37(47)35(30-13-4-3-5-14-30)33(39-27-45)17-9-23-42;1-12(18-16(22)23-17(3,4)5)6-9-15(21)10-14-8-7-13(2)19(14)11-20;2-1-3;1-2/h8,15-16,23-24,26-28,30,33-35H,3-6,9-11,13-14,17-22,25H2,1-2H3,(H,38,46)(H,39,45);11-15,21H,6-10H2,1-5H3,(H,18,22);1H,(H2,2,3);2H2,1H3. The summed E-state index contributed by atoms with van der Waals surface area (Å²) in [6.07, 6.45) is 17.3. The van der Waals surface area contributed by atoms with Gasteiger partial charge in [-0.3, -0.25) is 33.7 Å². The van der Waals surface area contributed by atoms with Gasteiger partial charge in [-0.15, -0.1) is 0 Å². The molecule has 2 heterocycles. The largest absolute Gasteiger partial charge is 0.444 e. The van der Waals surface area contributed by atoms with Crippen LogP contribution in [0.1, 0.15) is 172 Å². The number of nitrogens with one attached hydrogen (secondary N) is 3. The Labute approximate surface area is 447 Å². The molecule has 7 unspecified atom stereocenters. The fraction of sp³-hybridized carbons (Fsp3) is 0.696. The lowest BCUT2D eigenvalue weighted by Crippen LogP contribution is -2.51. The Balaban J connectivity index is 0.000000838. The number of nitrogens with zero attached hydrogens (tertiary/aromatic N) is 3. The quantitative estimate of drug-likeness (QED) is 0.0568. The monoisotopic (exact) mass is 1050 g/mol. The summed E-state index contributed by atoms with van der Waals surface area (Å²) in [7, 11) is 4.87. The normalized spacial score (nSPS) is 18.6. The van der Waals surface area contributed by atoms with E-state index in [0.29, 0.717) is 82.5 Å². The van der Waals surface area contributed by atoms with Crippen molar-refractivity contribution in [1.82, 2.24) is 30.7 Å². The molecule has 75 heavy (non-hydrogen) atoms. The van der Waals surface area contributed by atoms with Crippen molar-refractivity contribution in [3.8, 4) is 11.8 Å². The molecule has 19 heteroatoms. The molecule has 0 spiro atoms. The number of nitrogens with two attached hydrogens (primary N) is 2. The maximum atomic E-state index is 13.9. The van der Waals surface area contributed by atoms with Gasteiger partial charge in [0, 0.05) is 81.2 Å². The van der Waals surface area contributed by atoms with Crippen molar-refractivity contribution in [1.29, 1.82) is 0 Å². The molecule has 8 N–H and O–H groups in total. The van der Waals surface area contributed by atoms with Crippen LogP contribution in [0, 0.1) is 29.6 Å². The summed E-state index contributed by atoms with van der Waals surface area (Å²) in [6.45, 7) is 11.1. The number of primary amides is 1. The summed E-state index contributed by atoms with van der Waals surface area (Å²) in [6, 6.07) is 4.93. The van der Waals surface area contributed by atoms with Crippen LogP contribution in [0.15, 0.2) is 18.2 Å². The summed E-state index contributed by atoms with van der Waals surface area (Å²) in [5, 5.41) is 18.5. The van der Waals surface area contributed by atoms with E-state index < -0.39 is 23.8 Å². The van der Waals surface area contributed by atoms with Crippen LogP contribution in [0.5, 0.6) is 0 Å². The van der Waals surface area contributed by atoms with Gasteiger partial charge in [0.1, 0.15) is 24.5 Å². The van der Waals surface area contributed by atoms with E-state index in [1.165, 1.54) is 13.5 Å². The van der Waals surface area contributed by atoms with Crippen molar-refractivity contribution in [3.63, 3.8) is 0 Å². The number of carbonyl (C=O) groups excluding carboxylic acids is 9. The zero-order valence-corrected chi connectivity index (χ0v) is 46.3. The van der Waals surface area contributed by atoms with Crippen LogP contribution in [-0.2, 0) is 44.8 Å². The summed E-state index contributed by atoms with van der Waals surface area (Å²) >= 11 is 0. The third-order valence-electron chi connectivity index (χ3n) is 14.2. The molecule has 2 saturated heterocycles. The molecule has 3 fully saturated rings. The van der Waals surface area contributed by atoms with Gasteiger partial charge >= 0.3 is 6.09 Å². The Bertz CT molecular complexity index is 1940. The minimum Gasteiger partial charge on any atom is -0.444 e. The zero-order valence-electron chi connectivity index (χ0n) is 46.3. The number of benzene rings is 1. The van der Waals surface area contributed by atoms with Gasteiger partial charge < -0.3 is 56.6 Å². The van der Waals surface area contributed by atoms with Crippen molar-refractivity contribution in [3.05, 3.63) is 34.9 Å². The van der Waals surface area contributed by atoms with Crippen LogP contribution in [0.4, 0.5) is 4.79 Å². The first-order valence-corrected chi connectivity index (χ1v) is 26.9. The van der Waals surface area contributed by atoms with Gasteiger partial charge in [0.2, 0.25) is 31.0 Å². The van der Waals surface area contributed by atoms with E-state index >= 15 is 0 Å². The Morgan fingerprint density at radius 3 is 2.13 bits per heavy atom. The summed E-state index contributed by atoms with van der Waals surface area (Å²) in [5.41, 5.74) is 10.2. The highest BCUT2D eigenvalue weighted by Gasteiger charge is 2.39. The molecule has 19 nitrogen and oxygen atoms in total. The number of carbonyl (C=O) groups is 9. The smallest absolute Gasteiger partial charge is 0.407 e. The fourth-order valence-electron chi connectivity index (χ4n) is 10.3. The number of likely N-dealkylation sites (N-methyl/N-ethyl adjacent to an activating group) is 2. The van der Waals surface area contributed by atoms with Gasteiger partial charge in [-0.2, -0.15) is 0 Å². The van der Waals surface area contributed by atoms with Gasteiger partial charge in [-0.25, -0.2) is 4.79 Å². The van der Waals surface area contributed by atoms with E-state index in [0.717, 1.165) is 94.2 Å². The van der Waals surface area contributed by atoms with Crippen molar-refractivity contribution >= 4 is 56.0 Å². The second kappa shape index (κ2) is 37.9. The van der Waals surface area contributed by atoms with Gasteiger partial charge in [-0.05, 0) is 149 Å². The average Bonchev–Trinajstić information content (AvgIpc) is 3.75. The number of piperidine rings is 1. The molecular weight excluding hydrogens is 961 g/mol. The van der Waals surface area contributed by atoms with Crippen LogP contribution in [0.3, 0.4) is 0 Å². The lowest BCUT2D eigenvalue weighted by Gasteiger charge is -2.40. The van der Waals surface area contributed by atoms with Gasteiger partial charge in [0.05, 0.1) is 18.1 Å². The first-order valence-electron chi connectivity index (χ1n) is 26.9. The number of aliphatic hydroxyl groups excluding tert-OH is 1. The molecule has 1 aromatic carbocycles. The number of aliphatic hydroxyl groups is 1. The highest BCUT2D eigenvalue weighted by atomic mass is 16.6. The van der Waals surface area contributed by atoms with Crippen LogP contribution >= 0.6 is 0 Å². The van der Waals surface area contributed by atoms with E-state index in [9.17, 15) is 43.5 Å². The first kappa shape index (κ1) is 67.3. The second-order valence-corrected chi connectivity index (χ2v) is 20.7. The maximum Gasteiger partial charge on any atom is 0.407 e. The van der Waals surface area contributed by atoms with Crippen molar-refractivity contribution in [2.75, 3.05) is 34.2 Å². The van der Waals surface area contributed by atoms with E-state index in [1.54, 1.807) is 19.2 Å². The number of hydrogen-bond donors (Lipinski definition) is 6. The van der Waals surface area contributed by atoms with E-state index in [1.807, 2.05) is 62.4 Å². The number of aldehydes is 3. The molecular formula is C56H92N8O11. The number of alkyl carbamates (subject to hydrolysis) is 1. The van der Waals surface area contributed by atoms with Gasteiger partial charge in [0.25, 0.3) is 0 Å². The first-order chi connectivity index (χ1) is 35.9. The number of ether oxygens (including phenoxy) is 1. The van der Waals surface area contributed by atoms with E-state index in [-0.39, 0.29) is 60.6 Å². The molecule has 3 aliphatic rings. The molecule has 2 aliphatic heterocycles. The Morgan fingerprint density at radius 2 is 1.56 bits per heavy atom. The molecule has 4 rings (SSSR count). The Morgan fingerprint density at radius 1 is 0.920 bits per heavy atom. The molecule has 1 aromatic rings. The maximum absolute atomic E-state index is 13.9.